The number of thioether (sulfide) groups is 1. The lowest BCUT2D eigenvalue weighted by Gasteiger charge is -2.10. The maximum atomic E-state index is 11.1. The number of benzene rings is 1. The Hall–Kier alpha value is -2.35. The van der Waals surface area contributed by atoms with Crippen LogP contribution < -0.4 is 10.1 Å². The van der Waals surface area contributed by atoms with Crippen molar-refractivity contribution in [2.75, 3.05) is 18.6 Å². The van der Waals surface area contributed by atoms with E-state index < -0.39 is 4.92 Å². The van der Waals surface area contributed by atoms with Gasteiger partial charge in [0, 0.05) is 19.2 Å². The third-order valence-corrected chi connectivity index (χ3v) is 3.26. The lowest BCUT2D eigenvalue weighted by atomic mass is 10.2. The van der Waals surface area contributed by atoms with Crippen molar-refractivity contribution in [2.45, 2.75) is 12.1 Å². The van der Waals surface area contributed by atoms with E-state index >= 15 is 0 Å². The van der Waals surface area contributed by atoms with Crippen molar-refractivity contribution in [1.29, 1.82) is 0 Å². The zero-order valence-corrected chi connectivity index (χ0v) is 12.6. The van der Waals surface area contributed by atoms with Crippen LogP contribution in [0.15, 0.2) is 29.4 Å². The van der Waals surface area contributed by atoms with Gasteiger partial charge in [-0.25, -0.2) is 4.98 Å². The summed E-state index contributed by atoms with van der Waals surface area (Å²) in [6.07, 6.45) is 1.84. The average molecular weight is 306 g/mol. The van der Waals surface area contributed by atoms with Gasteiger partial charge in [0.05, 0.1) is 4.92 Å². The number of ether oxygens (including phenoxy) is 1. The summed E-state index contributed by atoms with van der Waals surface area (Å²) in [4.78, 5) is 19.0. The van der Waals surface area contributed by atoms with Gasteiger partial charge in [-0.1, -0.05) is 23.9 Å². The van der Waals surface area contributed by atoms with Crippen LogP contribution in [0.5, 0.6) is 11.6 Å². The zero-order chi connectivity index (χ0) is 15.4. The number of aromatic nitrogens is 2. The van der Waals surface area contributed by atoms with E-state index in [4.69, 9.17) is 4.74 Å². The molecule has 0 fully saturated rings. The quantitative estimate of drug-likeness (QED) is 0.392. The number of nitrogens with zero attached hydrogens (tertiary/aromatic N) is 3. The van der Waals surface area contributed by atoms with Crippen molar-refractivity contribution < 1.29 is 9.66 Å². The van der Waals surface area contributed by atoms with Crippen LogP contribution in [0, 0.1) is 17.0 Å². The number of anilines is 1. The number of para-hydroxylation sites is 1. The molecule has 2 rings (SSSR count). The van der Waals surface area contributed by atoms with E-state index in [0.29, 0.717) is 16.5 Å². The Bertz CT molecular complexity index is 656. The van der Waals surface area contributed by atoms with Crippen LogP contribution in [0.4, 0.5) is 11.5 Å². The molecule has 1 N–H and O–H groups in total. The number of nitro benzene ring substituents is 1. The maximum Gasteiger partial charge on any atom is 0.311 e. The molecule has 7 nitrogen and oxygen atoms in total. The van der Waals surface area contributed by atoms with E-state index in [0.717, 1.165) is 0 Å². The molecular formula is C13H14N4O3S. The smallest absolute Gasteiger partial charge is 0.311 e. The standard InChI is InChI=1S/C13H14N4O3S/c1-8-5-4-6-9(17(18)19)12(8)20-11-7-10(14-2)15-13(16-11)21-3/h4-7H,1-3H3,(H,14,15,16). The molecule has 21 heavy (non-hydrogen) atoms. The maximum absolute atomic E-state index is 11.1. The van der Waals surface area contributed by atoms with E-state index in [1.54, 1.807) is 32.2 Å². The summed E-state index contributed by atoms with van der Waals surface area (Å²) < 4.78 is 5.64. The summed E-state index contributed by atoms with van der Waals surface area (Å²) in [6.45, 7) is 1.75. The summed E-state index contributed by atoms with van der Waals surface area (Å²) >= 11 is 1.36. The van der Waals surface area contributed by atoms with Crippen LogP contribution >= 0.6 is 11.8 Å². The highest BCUT2D eigenvalue weighted by Gasteiger charge is 2.19. The van der Waals surface area contributed by atoms with E-state index in [2.05, 4.69) is 15.3 Å². The zero-order valence-electron chi connectivity index (χ0n) is 11.8. The highest BCUT2D eigenvalue weighted by Crippen LogP contribution is 2.34. The normalized spacial score (nSPS) is 10.2. The molecule has 1 aromatic carbocycles. The Kier molecular flexibility index (Phi) is 4.59. The number of hydrogen-bond acceptors (Lipinski definition) is 7. The van der Waals surface area contributed by atoms with Gasteiger partial charge < -0.3 is 10.1 Å². The van der Waals surface area contributed by atoms with E-state index in [-0.39, 0.29) is 17.3 Å². The molecule has 0 atom stereocenters. The number of nitro groups is 1. The second-order valence-corrected chi connectivity index (χ2v) is 4.88. The number of hydrogen-bond donors (Lipinski definition) is 1. The highest BCUT2D eigenvalue weighted by molar-refractivity contribution is 7.98. The molecule has 1 heterocycles. The predicted molar refractivity (Wildman–Crippen MR) is 81.3 cm³/mol. The molecule has 2 aromatic rings. The predicted octanol–water partition coefficient (Wildman–Crippen LogP) is 3.25. The molecule has 0 amide bonds. The average Bonchev–Trinajstić information content (AvgIpc) is 2.48. The summed E-state index contributed by atoms with van der Waals surface area (Å²) in [6, 6.07) is 6.36. The fraction of sp³-hybridized carbons (Fsp3) is 0.231. The first kappa shape index (κ1) is 15.0. The fourth-order valence-corrected chi connectivity index (χ4v) is 2.06. The van der Waals surface area contributed by atoms with Crippen molar-refractivity contribution in [3.63, 3.8) is 0 Å². The molecule has 0 bridgehead atoms. The first-order valence-electron chi connectivity index (χ1n) is 6.08. The van der Waals surface area contributed by atoms with Gasteiger partial charge in [0.25, 0.3) is 0 Å². The van der Waals surface area contributed by atoms with Gasteiger partial charge in [0.1, 0.15) is 5.82 Å². The molecule has 0 saturated heterocycles. The Labute approximate surface area is 125 Å². The number of nitrogens with one attached hydrogen (secondary N) is 1. The topological polar surface area (TPSA) is 90.2 Å². The highest BCUT2D eigenvalue weighted by atomic mass is 32.2. The van der Waals surface area contributed by atoms with Gasteiger partial charge in [-0.15, -0.1) is 0 Å². The number of aryl methyl sites for hydroxylation is 1. The molecule has 0 unspecified atom stereocenters. The molecule has 0 aliphatic carbocycles. The first-order chi connectivity index (χ1) is 10.0. The van der Waals surface area contributed by atoms with Gasteiger partial charge in [-0.05, 0) is 18.7 Å². The summed E-state index contributed by atoms with van der Waals surface area (Å²) in [5.41, 5.74) is 0.574. The van der Waals surface area contributed by atoms with E-state index in [1.807, 2.05) is 6.26 Å². The van der Waals surface area contributed by atoms with Gasteiger partial charge in [-0.3, -0.25) is 10.1 Å². The van der Waals surface area contributed by atoms with Crippen molar-refractivity contribution in [3.05, 3.63) is 39.9 Å². The van der Waals surface area contributed by atoms with Gasteiger partial charge >= 0.3 is 5.69 Å². The first-order valence-corrected chi connectivity index (χ1v) is 7.30. The minimum absolute atomic E-state index is 0.0923. The molecule has 0 aliphatic rings. The van der Waals surface area contributed by atoms with Crippen molar-refractivity contribution in [2.24, 2.45) is 0 Å². The Morgan fingerprint density at radius 1 is 1.38 bits per heavy atom. The van der Waals surface area contributed by atoms with E-state index in [1.165, 1.54) is 17.8 Å². The van der Waals surface area contributed by atoms with Crippen molar-refractivity contribution in [1.82, 2.24) is 9.97 Å². The number of rotatable bonds is 5. The van der Waals surface area contributed by atoms with Crippen LogP contribution in [-0.4, -0.2) is 28.2 Å². The Morgan fingerprint density at radius 3 is 2.76 bits per heavy atom. The second-order valence-electron chi connectivity index (χ2n) is 4.11. The molecule has 0 aliphatic heterocycles. The minimum atomic E-state index is -0.474. The lowest BCUT2D eigenvalue weighted by Crippen LogP contribution is -2.00. The SMILES string of the molecule is CNc1cc(Oc2c(C)cccc2[N+](=O)[O-])nc(SC)n1. The molecular weight excluding hydrogens is 292 g/mol. The monoisotopic (exact) mass is 306 g/mol. The van der Waals surface area contributed by atoms with E-state index in [9.17, 15) is 10.1 Å². The molecule has 0 spiro atoms. The summed E-state index contributed by atoms with van der Waals surface area (Å²) in [7, 11) is 1.73. The fourth-order valence-electron chi connectivity index (χ4n) is 1.69. The lowest BCUT2D eigenvalue weighted by molar-refractivity contribution is -0.385. The molecule has 0 radical (unpaired) electrons. The second kappa shape index (κ2) is 6.40. The minimum Gasteiger partial charge on any atom is -0.431 e. The molecule has 0 saturated carbocycles. The third-order valence-electron chi connectivity index (χ3n) is 2.72. The van der Waals surface area contributed by atoms with Crippen molar-refractivity contribution in [3.8, 4) is 11.6 Å². The van der Waals surface area contributed by atoms with Crippen LogP contribution in [0.3, 0.4) is 0 Å². The van der Waals surface area contributed by atoms with Gasteiger partial charge in [0.15, 0.2) is 5.16 Å². The van der Waals surface area contributed by atoms with Crippen LogP contribution in [0.25, 0.3) is 0 Å². The largest absolute Gasteiger partial charge is 0.431 e. The van der Waals surface area contributed by atoms with Crippen LogP contribution in [0.2, 0.25) is 0 Å². The third kappa shape index (κ3) is 3.40. The van der Waals surface area contributed by atoms with Gasteiger partial charge in [-0.2, -0.15) is 4.98 Å². The Morgan fingerprint density at radius 2 is 2.14 bits per heavy atom. The van der Waals surface area contributed by atoms with Crippen LogP contribution in [-0.2, 0) is 0 Å². The summed E-state index contributed by atoms with van der Waals surface area (Å²) in [5, 5.41) is 14.5. The van der Waals surface area contributed by atoms with Gasteiger partial charge in [0.2, 0.25) is 11.6 Å². The molecule has 8 heteroatoms. The summed E-state index contributed by atoms with van der Waals surface area (Å²) in [5.74, 6) is 1.03. The molecule has 1 aromatic heterocycles. The van der Waals surface area contributed by atoms with Crippen molar-refractivity contribution >= 4 is 23.3 Å². The molecule has 110 valence electrons. The van der Waals surface area contributed by atoms with Crippen LogP contribution in [0.1, 0.15) is 5.56 Å². The Balaban J connectivity index is 2.45.